The first-order valence-electron chi connectivity index (χ1n) is 8.08. The molecule has 1 amide bonds. The number of aryl methyl sites for hydroxylation is 1. The molecule has 1 N–H and O–H groups in total. The van der Waals surface area contributed by atoms with Gasteiger partial charge in [-0.2, -0.15) is 0 Å². The van der Waals surface area contributed by atoms with Gasteiger partial charge >= 0.3 is 11.8 Å². The standard InChI is InChI=1S/C17H20N4O5/c1-13-18-15(21(25)26)11-20(13)12-16(22)19(9-5-8-17(23)24)10-14-6-3-2-4-7-14/h2-4,6-7,11H,5,8-10,12H2,1H3,(H,23,24). The van der Waals surface area contributed by atoms with Gasteiger partial charge in [-0.1, -0.05) is 30.3 Å². The third kappa shape index (κ3) is 5.40. The normalized spacial score (nSPS) is 10.5. The third-order valence-electron chi connectivity index (χ3n) is 3.84. The quantitative estimate of drug-likeness (QED) is 0.539. The van der Waals surface area contributed by atoms with Crippen molar-refractivity contribution in [2.45, 2.75) is 32.9 Å². The SMILES string of the molecule is Cc1nc([N+](=O)[O-])cn1CC(=O)N(CCCC(=O)O)Cc1ccccc1. The summed E-state index contributed by atoms with van der Waals surface area (Å²) in [7, 11) is 0. The van der Waals surface area contributed by atoms with Crippen LogP contribution in [0.2, 0.25) is 0 Å². The zero-order valence-electron chi connectivity index (χ0n) is 14.4. The molecule has 2 aromatic rings. The lowest BCUT2D eigenvalue weighted by Crippen LogP contribution is -2.34. The minimum absolute atomic E-state index is 0.0336. The average molecular weight is 360 g/mol. The molecule has 0 aliphatic carbocycles. The number of nitro groups is 1. The van der Waals surface area contributed by atoms with Gasteiger partial charge < -0.3 is 20.1 Å². The molecule has 0 fully saturated rings. The fraction of sp³-hybridized carbons (Fsp3) is 0.353. The smallest absolute Gasteiger partial charge is 0.381 e. The Bertz CT molecular complexity index is 788. The molecule has 0 aliphatic rings. The van der Waals surface area contributed by atoms with Crippen LogP contribution in [-0.4, -0.2) is 42.9 Å². The summed E-state index contributed by atoms with van der Waals surface area (Å²) in [5.41, 5.74) is 0.921. The molecule has 9 nitrogen and oxygen atoms in total. The van der Waals surface area contributed by atoms with Crippen molar-refractivity contribution in [3.05, 3.63) is 58.0 Å². The van der Waals surface area contributed by atoms with Crippen molar-refractivity contribution in [3.63, 3.8) is 0 Å². The maximum absolute atomic E-state index is 12.7. The van der Waals surface area contributed by atoms with E-state index in [-0.39, 0.29) is 31.2 Å². The first kappa shape index (κ1) is 19.1. The van der Waals surface area contributed by atoms with Gasteiger partial charge in [-0.3, -0.25) is 14.2 Å². The molecule has 1 aromatic heterocycles. The Morgan fingerprint density at radius 1 is 1.31 bits per heavy atom. The highest BCUT2D eigenvalue weighted by atomic mass is 16.6. The maximum atomic E-state index is 12.7. The van der Waals surface area contributed by atoms with Crippen LogP contribution in [-0.2, 0) is 22.7 Å². The molecule has 1 heterocycles. The molecule has 0 aliphatic heterocycles. The number of rotatable bonds is 9. The average Bonchev–Trinajstić information content (AvgIpc) is 2.95. The number of carbonyl (C=O) groups excluding carboxylic acids is 1. The van der Waals surface area contributed by atoms with E-state index in [4.69, 9.17) is 5.11 Å². The van der Waals surface area contributed by atoms with Crippen molar-refractivity contribution < 1.29 is 19.6 Å². The Kier molecular flexibility index (Phi) is 6.42. The molecule has 0 bridgehead atoms. The van der Waals surface area contributed by atoms with Crippen LogP contribution in [0.4, 0.5) is 5.82 Å². The van der Waals surface area contributed by atoms with Crippen LogP contribution in [0.5, 0.6) is 0 Å². The van der Waals surface area contributed by atoms with Crippen LogP contribution < -0.4 is 0 Å². The van der Waals surface area contributed by atoms with E-state index in [1.54, 1.807) is 11.8 Å². The molecule has 138 valence electrons. The Morgan fingerprint density at radius 3 is 2.58 bits per heavy atom. The molecule has 0 spiro atoms. The van der Waals surface area contributed by atoms with E-state index in [9.17, 15) is 19.7 Å². The van der Waals surface area contributed by atoms with Gasteiger partial charge in [0.1, 0.15) is 12.7 Å². The van der Waals surface area contributed by atoms with E-state index in [0.29, 0.717) is 18.8 Å². The number of carboxylic acids is 1. The Morgan fingerprint density at radius 2 is 2.00 bits per heavy atom. The highest BCUT2D eigenvalue weighted by Gasteiger charge is 2.20. The number of amides is 1. The largest absolute Gasteiger partial charge is 0.481 e. The highest BCUT2D eigenvalue weighted by Crippen LogP contribution is 2.12. The molecule has 0 unspecified atom stereocenters. The first-order chi connectivity index (χ1) is 12.4. The van der Waals surface area contributed by atoms with Crippen LogP contribution in [0.1, 0.15) is 24.2 Å². The van der Waals surface area contributed by atoms with E-state index >= 15 is 0 Å². The second-order valence-electron chi connectivity index (χ2n) is 5.83. The Balaban J connectivity index is 2.10. The number of nitrogens with zero attached hydrogens (tertiary/aromatic N) is 4. The van der Waals surface area contributed by atoms with E-state index < -0.39 is 10.9 Å². The molecule has 1 aromatic carbocycles. The van der Waals surface area contributed by atoms with Crippen molar-refractivity contribution in [1.29, 1.82) is 0 Å². The van der Waals surface area contributed by atoms with Gasteiger partial charge in [0.05, 0.1) is 0 Å². The highest BCUT2D eigenvalue weighted by molar-refractivity contribution is 5.76. The fourth-order valence-corrected chi connectivity index (χ4v) is 2.50. The van der Waals surface area contributed by atoms with E-state index in [2.05, 4.69) is 4.98 Å². The lowest BCUT2D eigenvalue weighted by Gasteiger charge is -2.23. The number of imidazole rings is 1. The van der Waals surface area contributed by atoms with Crippen molar-refractivity contribution in [2.24, 2.45) is 0 Å². The van der Waals surface area contributed by atoms with Crippen molar-refractivity contribution >= 4 is 17.7 Å². The van der Waals surface area contributed by atoms with Crippen molar-refractivity contribution in [3.8, 4) is 0 Å². The summed E-state index contributed by atoms with van der Waals surface area (Å²) in [5, 5.41) is 19.6. The lowest BCUT2D eigenvalue weighted by atomic mass is 10.2. The summed E-state index contributed by atoms with van der Waals surface area (Å²) in [6.45, 7) is 2.13. The minimum atomic E-state index is -0.918. The fourth-order valence-electron chi connectivity index (χ4n) is 2.50. The Hall–Kier alpha value is -3.23. The zero-order valence-corrected chi connectivity index (χ0v) is 14.4. The number of aliphatic carboxylic acids is 1. The predicted octanol–water partition coefficient (Wildman–Crippen LogP) is 1.99. The van der Waals surface area contributed by atoms with E-state index in [0.717, 1.165) is 5.56 Å². The number of hydrogen-bond donors (Lipinski definition) is 1. The number of aromatic nitrogens is 2. The number of benzene rings is 1. The van der Waals surface area contributed by atoms with Gasteiger partial charge in [0.15, 0.2) is 0 Å². The first-order valence-corrected chi connectivity index (χ1v) is 8.08. The topological polar surface area (TPSA) is 119 Å². The minimum Gasteiger partial charge on any atom is -0.481 e. The van der Waals surface area contributed by atoms with Gasteiger partial charge in [-0.15, -0.1) is 0 Å². The molecule has 0 saturated carbocycles. The number of hydrogen-bond acceptors (Lipinski definition) is 5. The van der Waals surface area contributed by atoms with E-state index in [1.807, 2.05) is 30.3 Å². The van der Waals surface area contributed by atoms with Crippen LogP contribution in [0.25, 0.3) is 0 Å². The summed E-state index contributed by atoms with van der Waals surface area (Å²) in [6.07, 6.45) is 1.52. The maximum Gasteiger partial charge on any atom is 0.381 e. The summed E-state index contributed by atoms with van der Waals surface area (Å²) in [4.78, 5) is 39.0. The number of carbonyl (C=O) groups is 2. The van der Waals surface area contributed by atoms with Crippen LogP contribution in [0, 0.1) is 17.0 Å². The Labute approximate surface area is 150 Å². The molecule has 2 rings (SSSR count). The molecule has 0 atom stereocenters. The van der Waals surface area contributed by atoms with Crippen molar-refractivity contribution in [1.82, 2.24) is 14.5 Å². The molecular formula is C17H20N4O5. The second-order valence-corrected chi connectivity index (χ2v) is 5.83. The molecule has 9 heteroatoms. The summed E-state index contributed by atoms with van der Waals surface area (Å²) in [5.74, 6) is -1.11. The number of carboxylic acid groups (broad SMARTS) is 1. The monoisotopic (exact) mass is 360 g/mol. The van der Waals surface area contributed by atoms with Gasteiger partial charge in [-0.25, -0.2) is 0 Å². The van der Waals surface area contributed by atoms with Crippen LogP contribution in [0.15, 0.2) is 36.5 Å². The summed E-state index contributed by atoms with van der Waals surface area (Å²) >= 11 is 0. The summed E-state index contributed by atoms with van der Waals surface area (Å²) in [6, 6.07) is 9.35. The zero-order chi connectivity index (χ0) is 19.1. The van der Waals surface area contributed by atoms with Gasteiger partial charge in [0, 0.05) is 26.4 Å². The second kappa shape index (κ2) is 8.75. The summed E-state index contributed by atoms with van der Waals surface area (Å²) < 4.78 is 1.43. The third-order valence-corrected chi connectivity index (χ3v) is 3.84. The van der Waals surface area contributed by atoms with Gasteiger partial charge in [-0.05, 0) is 21.9 Å². The molecule has 26 heavy (non-hydrogen) atoms. The van der Waals surface area contributed by atoms with Crippen LogP contribution >= 0.6 is 0 Å². The van der Waals surface area contributed by atoms with Crippen molar-refractivity contribution in [2.75, 3.05) is 6.54 Å². The molecular weight excluding hydrogens is 340 g/mol. The van der Waals surface area contributed by atoms with Crippen LogP contribution in [0.3, 0.4) is 0 Å². The molecule has 0 radical (unpaired) electrons. The van der Waals surface area contributed by atoms with E-state index in [1.165, 1.54) is 10.8 Å². The lowest BCUT2D eigenvalue weighted by molar-refractivity contribution is -0.389. The van der Waals surface area contributed by atoms with Gasteiger partial charge in [0.25, 0.3) is 0 Å². The molecule has 0 saturated heterocycles. The van der Waals surface area contributed by atoms with Gasteiger partial charge in [0.2, 0.25) is 11.7 Å². The predicted molar refractivity (Wildman–Crippen MR) is 92.3 cm³/mol.